The zero-order valence-corrected chi connectivity index (χ0v) is 15.9. The normalized spacial score (nSPS) is 12.8. The van der Waals surface area contributed by atoms with E-state index >= 15 is 0 Å². The molecule has 0 atom stereocenters. The van der Waals surface area contributed by atoms with E-state index < -0.39 is 9.33 Å². The third-order valence-electron chi connectivity index (χ3n) is 1.84. The van der Waals surface area contributed by atoms with Crippen molar-refractivity contribution < 1.29 is 39.2 Å². The quantitative estimate of drug-likeness (QED) is 0.366. The maximum atomic E-state index is 8.84. The second kappa shape index (κ2) is 16.6. The van der Waals surface area contributed by atoms with E-state index in [0.717, 1.165) is 12.8 Å². The van der Waals surface area contributed by atoms with E-state index in [2.05, 4.69) is 35.0 Å². The molecule has 22 heavy (non-hydrogen) atoms. The maximum Gasteiger partial charge on any atom is 2.00 e. The van der Waals surface area contributed by atoms with Gasteiger partial charge in [0, 0.05) is 10.7 Å². The zero-order chi connectivity index (χ0) is 15.8. The maximum absolute atomic E-state index is 8.84. The Balaban J connectivity index is 0. The van der Waals surface area contributed by atoms with Crippen LogP contribution in [0.15, 0.2) is 72.9 Å². The second-order valence-electron chi connectivity index (χ2n) is 3.55. The molecule has 0 saturated heterocycles. The molecule has 116 valence electrons. The summed E-state index contributed by atoms with van der Waals surface area (Å²) in [5.41, 5.74) is 0. The van der Waals surface area contributed by atoms with Gasteiger partial charge in [0.2, 0.25) is 0 Å². The van der Waals surface area contributed by atoms with Crippen molar-refractivity contribution in [2.75, 3.05) is 0 Å². The Labute approximate surface area is 156 Å². The molecular weight excluding hydrogens is 399 g/mol. The standard InChI is InChI=1S/C6H6.2C5H5.ClHO3S.Zr/c1-2-4-6-5-3-1;2*1-2-4-5-3-1;1-5(2,3)4;/h1-6H;2*1-3H,4H2;(H,2,3,4);/q;2*-1;;+2/p-1. The molecule has 1 aromatic carbocycles. The van der Waals surface area contributed by atoms with E-state index in [4.69, 9.17) is 13.0 Å². The molecule has 0 aromatic heterocycles. The van der Waals surface area contributed by atoms with Crippen LogP contribution in [-0.4, -0.2) is 13.0 Å². The molecule has 0 heterocycles. The van der Waals surface area contributed by atoms with Crippen molar-refractivity contribution in [3.8, 4) is 0 Å². The van der Waals surface area contributed by atoms with Crippen molar-refractivity contribution in [2.45, 2.75) is 12.8 Å². The number of benzene rings is 1. The van der Waals surface area contributed by atoms with Gasteiger partial charge < -0.3 is 4.55 Å². The topological polar surface area (TPSA) is 57.2 Å². The van der Waals surface area contributed by atoms with Gasteiger partial charge in [-0.3, -0.25) is 12.2 Å². The molecule has 6 heteroatoms. The van der Waals surface area contributed by atoms with Crippen molar-refractivity contribution >= 4 is 20.0 Å². The van der Waals surface area contributed by atoms with E-state index in [1.165, 1.54) is 0 Å². The summed E-state index contributed by atoms with van der Waals surface area (Å²) in [4.78, 5) is 0. The van der Waals surface area contributed by atoms with Gasteiger partial charge in [-0.25, -0.2) is 32.7 Å². The number of rotatable bonds is 0. The van der Waals surface area contributed by atoms with Gasteiger partial charge in [-0.1, -0.05) is 36.4 Å². The first-order valence-corrected chi connectivity index (χ1v) is 8.32. The summed E-state index contributed by atoms with van der Waals surface area (Å²) >= 11 is 0. The molecule has 0 bridgehead atoms. The molecule has 3 rings (SSSR count). The van der Waals surface area contributed by atoms with E-state index in [1.54, 1.807) is 0 Å². The summed E-state index contributed by atoms with van der Waals surface area (Å²) in [5.74, 6) is 0. The number of allylic oxidation sites excluding steroid dienone is 8. The van der Waals surface area contributed by atoms with Crippen molar-refractivity contribution in [1.82, 2.24) is 0 Å². The van der Waals surface area contributed by atoms with Crippen LogP contribution >= 0.6 is 10.7 Å². The SMILES string of the molecule is O=S(=O)([O-])Cl.[C-]1=CC=CC1.[C-]1=CC=CC1.[Zr+2].c1ccccc1. The number of hydrogen-bond acceptors (Lipinski definition) is 3. The van der Waals surface area contributed by atoms with Crippen LogP contribution in [0.3, 0.4) is 0 Å². The monoisotopic (exact) mass is 413 g/mol. The van der Waals surface area contributed by atoms with E-state index in [9.17, 15) is 0 Å². The fourth-order valence-corrected chi connectivity index (χ4v) is 1.07. The Hall–Kier alpha value is -0.737. The van der Waals surface area contributed by atoms with Crippen LogP contribution in [0.5, 0.6) is 0 Å². The number of halogens is 1. The van der Waals surface area contributed by atoms with Gasteiger partial charge >= 0.3 is 26.2 Å². The van der Waals surface area contributed by atoms with Crippen LogP contribution in [0.25, 0.3) is 0 Å². The minimum Gasteiger partial charge on any atom is -0.735 e. The van der Waals surface area contributed by atoms with Gasteiger partial charge in [0.1, 0.15) is 0 Å². The van der Waals surface area contributed by atoms with Crippen LogP contribution < -0.4 is 0 Å². The van der Waals surface area contributed by atoms with Crippen molar-refractivity contribution in [3.63, 3.8) is 0 Å². The molecule has 0 spiro atoms. The summed E-state index contributed by atoms with van der Waals surface area (Å²) in [5, 5.41) is 0. The van der Waals surface area contributed by atoms with E-state index in [-0.39, 0.29) is 26.2 Å². The van der Waals surface area contributed by atoms with Crippen molar-refractivity contribution in [3.05, 3.63) is 85.0 Å². The van der Waals surface area contributed by atoms with Crippen molar-refractivity contribution in [2.24, 2.45) is 0 Å². The average molecular weight is 415 g/mol. The molecule has 0 amide bonds. The van der Waals surface area contributed by atoms with E-state index in [0.29, 0.717) is 0 Å². The van der Waals surface area contributed by atoms with Gasteiger partial charge in [-0.05, 0) is 0 Å². The Morgan fingerprint density at radius 2 is 1.09 bits per heavy atom. The van der Waals surface area contributed by atoms with Crippen LogP contribution in [-0.2, 0) is 35.5 Å². The molecule has 0 N–H and O–H groups in total. The molecule has 0 unspecified atom stereocenters. The molecule has 3 nitrogen and oxygen atoms in total. The molecule has 1 aromatic rings. The largest absolute Gasteiger partial charge is 2.00 e. The minimum atomic E-state index is -4.44. The van der Waals surface area contributed by atoms with Crippen LogP contribution in [0.1, 0.15) is 12.8 Å². The number of hydrogen-bond donors (Lipinski definition) is 0. The summed E-state index contributed by atoms with van der Waals surface area (Å²) in [6.45, 7) is 0. The van der Waals surface area contributed by atoms with Gasteiger partial charge in [0.05, 0.1) is 0 Å². The van der Waals surface area contributed by atoms with Gasteiger partial charge in [-0.15, -0.1) is 12.8 Å². The minimum absolute atomic E-state index is 0. The third kappa shape index (κ3) is 27.6. The van der Waals surface area contributed by atoms with E-state index in [1.807, 2.05) is 60.7 Å². The van der Waals surface area contributed by atoms with Crippen LogP contribution in [0.4, 0.5) is 0 Å². The molecule has 2 aliphatic carbocycles. The average Bonchev–Trinajstić information content (AvgIpc) is 3.18. The summed E-state index contributed by atoms with van der Waals surface area (Å²) in [6.07, 6.45) is 20.0. The smallest absolute Gasteiger partial charge is 0.735 e. The predicted molar refractivity (Wildman–Crippen MR) is 85.1 cm³/mol. The summed E-state index contributed by atoms with van der Waals surface area (Å²) < 4.78 is 26.5. The third-order valence-corrected chi connectivity index (χ3v) is 1.84. The van der Waals surface area contributed by atoms with Crippen molar-refractivity contribution in [1.29, 1.82) is 0 Å². The van der Waals surface area contributed by atoms with Crippen LogP contribution in [0, 0.1) is 12.2 Å². The van der Waals surface area contributed by atoms with Gasteiger partial charge in [-0.2, -0.15) is 12.2 Å². The fraction of sp³-hybridized carbons (Fsp3) is 0.125. The summed E-state index contributed by atoms with van der Waals surface area (Å²) in [6, 6.07) is 12.0. The molecule has 0 saturated carbocycles. The molecule has 2 aliphatic rings. The molecular formula is C16H16ClO3SZr-. The first-order chi connectivity index (χ1) is 10.0. The first-order valence-electron chi connectivity index (χ1n) is 6.09. The first kappa shape index (κ1) is 23.5. The molecule has 0 fully saturated rings. The van der Waals surface area contributed by atoms with Gasteiger partial charge in [0.25, 0.3) is 0 Å². The zero-order valence-electron chi connectivity index (χ0n) is 11.9. The Kier molecular flexibility index (Phi) is 17.8. The van der Waals surface area contributed by atoms with Crippen LogP contribution in [0.2, 0.25) is 0 Å². The molecule has 0 aliphatic heterocycles. The fourth-order valence-electron chi connectivity index (χ4n) is 1.07. The summed E-state index contributed by atoms with van der Waals surface area (Å²) in [7, 11) is -0.498. The predicted octanol–water partition coefficient (Wildman–Crippen LogP) is 3.98. The molecule has 0 radical (unpaired) electrons. The Morgan fingerprint density at radius 1 is 0.818 bits per heavy atom. The second-order valence-corrected chi connectivity index (χ2v) is 5.47. The Morgan fingerprint density at radius 3 is 1.18 bits per heavy atom. The van der Waals surface area contributed by atoms with Gasteiger partial charge in [0.15, 0.2) is 9.33 Å². The Bertz CT molecular complexity index is 488.